The summed E-state index contributed by atoms with van der Waals surface area (Å²) in [7, 11) is 0. The Hall–Kier alpha value is -0.780. The smallest absolute Gasteiger partial charge is 0.389 e. The highest BCUT2D eigenvalue weighted by molar-refractivity contribution is 7.84. The van der Waals surface area contributed by atoms with Crippen molar-refractivity contribution in [1.29, 1.82) is 0 Å². The molecule has 0 aromatic carbocycles. The minimum atomic E-state index is -4.13. The van der Waals surface area contributed by atoms with Crippen LogP contribution in [0.3, 0.4) is 0 Å². The first-order chi connectivity index (χ1) is 7.64. The molecule has 0 aliphatic heterocycles. The van der Waals surface area contributed by atoms with E-state index in [1.54, 1.807) is 6.08 Å². The number of nitrogens with two attached hydrogens (primary N) is 1. The normalized spacial score (nSPS) is 19.5. The minimum absolute atomic E-state index is 0.0127. The van der Waals surface area contributed by atoms with Crippen molar-refractivity contribution in [3.63, 3.8) is 0 Å². The summed E-state index contributed by atoms with van der Waals surface area (Å²) in [6.07, 6.45) is -3.42. The molecule has 0 radical (unpaired) electrons. The van der Waals surface area contributed by atoms with E-state index in [0.29, 0.717) is 16.4 Å². The Morgan fingerprint density at radius 3 is 2.41 bits per heavy atom. The number of allylic oxidation sites excluding steroid dienone is 2. The van der Waals surface area contributed by atoms with Gasteiger partial charge in [0.05, 0.1) is 6.61 Å². The van der Waals surface area contributed by atoms with Crippen LogP contribution >= 0.6 is 12.6 Å². The lowest BCUT2D eigenvalue weighted by molar-refractivity contribution is -0.137. The molecule has 1 aliphatic carbocycles. The number of alkyl halides is 3. The van der Waals surface area contributed by atoms with Crippen LogP contribution in [0.1, 0.15) is 26.7 Å². The van der Waals surface area contributed by atoms with Gasteiger partial charge in [0.15, 0.2) is 0 Å². The summed E-state index contributed by atoms with van der Waals surface area (Å²) < 4.78 is 41.0. The van der Waals surface area contributed by atoms with Crippen molar-refractivity contribution in [1.82, 2.24) is 0 Å². The maximum atomic E-state index is 11.9. The molecule has 0 aromatic heterocycles. The monoisotopic (exact) mass is 267 g/mol. The molecule has 2 nitrogen and oxygen atoms in total. The highest BCUT2D eigenvalue weighted by Gasteiger charge is 2.33. The molecular formula is C11H16F3NOS. The molecule has 0 heterocycles. The van der Waals surface area contributed by atoms with E-state index in [1.165, 1.54) is 0 Å². The molecular weight excluding hydrogens is 251 g/mol. The second-order valence-electron chi connectivity index (χ2n) is 4.50. The fraction of sp³-hybridized carbons (Fsp3) is 0.636. The quantitative estimate of drug-likeness (QED) is 0.605. The van der Waals surface area contributed by atoms with Crippen molar-refractivity contribution < 1.29 is 17.9 Å². The van der Waals surface area contributed by atoms with Crippen molar-refractivity contribution in [3.05, 3.63) is 22.4 Å². The summed E-state index contributed by atoms with van der Waals surface area (Å²) >= 11 is 4.29. The predicted molar refractivity (Wildman–Crippen MR) is 63.3 cm³/mol. The zero-order chi connectivity index (χ0) is 13.3. The lowest BCUT2D eigenvalue weighted by atomic mass is 9.92. The maximum Gasteiger partial charge on any atom is 0.389 e. The molecule has 0 fully saturated rings. The van der Waals surface area contributed by atoms with Gasteiger partial charge in [-0.1, -0.05) is 0 Å². The molecule has 98 valence electrons. The SMILES string of the molecule is CC1(C)C(N)=CC(OCCCC(F)(F)F)=C1S. The average Bonchev–Trinajstić information content (AvgIpc) is 2.36. The topological polar surface area (TPSA) is 35.2 Å². The fourth-order valence-electron chi connectivity index (χ4n) is 1.40. The Labute approximate surface area is 104 Å². The molecule has 0 bridgehead atoms. The van der Waals surface area contributed by atoms with Crippen LogP contribution in [0.5, 0.6) is 0 Å². The lowest BCUT2D eigenvalue weighted by Crippen LogP contribution is -2.18. The van der Waals surface area contributed by atoms with Gasteiger partial charge in [-0.05, 0) is 20.3 Å². The molecule has 0 aromatic rings. The molecule has 2 N–H and O–H groups in total. The fourth-order valence-corrected chi connectivity index (χ4v) is 1.66. The van der Waals surface area contributed by atoms with Crippen LogP contribution in [0.4, 0.5) is 13.2 Å². The first-order valence-electron chi connectivity index (χ1n) is 5.25. The van der Waals surface area contributed by atoms with E-state index in [1.807, 2.05) is 13.8 Å². The van der Waals surface area contributed by atoms with E-state index in [9.17, 15) is 13.2 Å². The van der Waals surface area contributed by atoms with Gasteiger partial charge < -0.3 is 10.5 Å². The molecule has 0 saturated heterocycles. The summed E-state index contributed by atoms with van der Waals surface area (Å²) in [5, 5.41) is 0. The summed E-state index contributed by atoms with van der Waals surface area (Å²) in [5.41, 5.74) is 5.98. The van der Waals surface area contributed by atoms with Gasteiger partial charge in [0.25, 0.3) is 0 Å². The van der Waals surface area contributed by atoms with Gasteiger partial charge in [0.2, 0.25) is 0 Å². The number of halogens is 3. The number of ether oxygens (including phenoxy) is 1. The Bertz CT molecular complexity index is 358. The third-order valence-electron chi connectivity index (χ3n) is 2.70. The van der Waals surface area contributed by atoms with Gasteiger partial charge in [-0.3, -0.25) is 0 Å². The number of hydrogen-bond acceptors (Lipinski definition) is 3. The van der Waals surface area contributed by atoms with Crippen LogP contribution in [-0.4, -0.2) is 12.8 Å². The van der Waals surface area contributed by atoms with E-state index >= 15 is 0 Å². The first-order valence-corrected chi connectivity index (χ1v) is 5.70. The largest absolute Gasteiger partial charge is 0.493 e. The predicted octanol–water partition coefficient (Wildman–Crippen LogP) is 3.37. The Morgan fingerprint density at radius 1 is 1.41 bits per heavy atom. The number of thiol groups is 1. The molecule has 0 unspecified atom stereocenters. The van der Waals surface area contributed by atoms with Crippen molar-refractivity contribution in [3.8, 4) is 0 Å². The summed E-state index contributed by atoms with van der Waals surface area (Å²) in [6.45, 7) is 3.78. The van der Waals surface area contributed by atoms with Gasteiger partial charge in [-0.2, -0.15) is 13.2 Å². The van der Waals surface area contributed by atoms with E-state index in [4.69, 9.17) is 10.5 Å². The lowest BCUT2D eigenvalue weighted by Gasteiger charge is -2.20. The number of rotatable bonds is 4. The molecule has 17 heavy (non-hydrogen) atoms. The van der Waals surface area contributed by atoms with Crippen LogP contribution in [0, 0.1) is 5.41 Å². The molecule has 0 saturated carbocycles. The van der Waals surface area contributed by atoms with Gasteiger partial charge in [0, 0.05) is 28.5 Å². The van der Waals surface area contributed by atoms with E-state index < -0.39 is 18.0 Å². The van der Waals surface area contributed by atoms with E-state index in [0.717, 1.165) is 0 Å². The molecule has 1 aliphatic rings. The first kappa shape index (κ1) is 14.3. The summed E-state index contributed by atoms with van der Waals surface area (Å²) in [6, 6.07) is 0. The average molecular weight is 267 g/mol. The maximum absolute atomic E-state index is 11.9. The minimum Gasteiger partial charge on any atom is -0.493 e. The van der Waals surface area contributed by atoms with Crippen molar-refractivity contribution >= 4 is 12.6 Å². The standard InChI is InChI=1S/C11H16F3NOS/c1-10(2)8(15)6-7(9(10)17)16-5-3-4-11(12,13)14/h6,17H,3-5,15H2,1-2H3. The molecule has 6 heteroatoms. The Kier molecular flexibility index (Phi) is 4.06. The van der Waals surface area contributed by atoms with Crippen LogP contribution in [-0.2, 0) is 4.74 Å². The third kappa shape index (κ3) is 3.59. The van der Waals surface area contributed by atoms with Gasteiger partial charge >= 0.3 is 6.18 Å². The zero-order valence-corrected chi connectivity index (χ0v) is 10.7. The van der Waals surface area contributed by atoms with Gasteiger partial charge in [0.1, 0.15) is 5.76 Å². The molecule has 0 spiro atoms. The molecule has 0 amide bonds. The van der Waals surface area contributed by atoms with Gasteiger partial charge in [-0.15, -0.1) is 12.6 Å². The molecule has 1 rings (SSSR count). The van der Waals surface area contributed by atoms with Crippen molar-refractivity contribution in [2.45, 2.75) is 32.9 Å². The van der Waals surface area contributed by atoms with Crippen LogP contribution in [0.2, 0.25) is 0 Å². The number of hydrogen-bond donors (Lipinski definition) is 2. The molecule has 0 atom stereocenters. The van der Waals surface area contributed by atoms with Gasteiger partial charge in [-0.25, -0.2) is 0 Å². The highest BCUT2D eigenvalue weighted by Crippen LogP contribution is 2.42. The second-order valence-corrected chi connectivity index (χ2v) is 4.95. The van der Waals surface area contributed by atoms with Crippen molar-refractivity contribution in [2.24, 2.45) is 11.1 Å². The highest BCUT2D eigenvalue weighted by atomic mass is 32.1. The van der Waals surface area contributed by atoms with Crippen LogP contribution in [0.15, 0.2) is 22.4 Å². The Morgan fingerprint density at radius 2 is 2.00 bits per heavy atom. The Balaban J connectivity index is 2.47. The van der Waals surface area contributed by atoms with Crippen molar-refractivity contribution in [2.75, 3.05) is 6.61 Å². The second kappa shape index (κ2) is 4.84. The van der Waals surface area contributed by atoms with E-state index in [2.05, 4.69) is 12.6 Å². The van der Waals surface area contributed by atoms with Crippen LogP contribution in [0.25, 0.3) is 0 Å². The van der Waals surface area contributed by atoms with E-state index in [-0.39, 0.29) is 13.0 Å². The summed E-state index contributed by atoms with van der Waals surface area (Å²) in [5.74, 6) is 0.470. The van der Waals surface area contributed by atoms with Crippen LogP contribution < -0.4 is 5.73 Å². The summed E-state index contributed by atoms with van der Waals surface area (Å²) in [4.78, 5) is 0.655. The third-order valence-corrected chi connectivity index (χ3v) is 3.48. The zero-order valence-electron chi connectivity index (χ0n) is 9.77.